The number of carbonyl (C=O) groups excluding carboxylic acids is 1. The standard InChI is InChI=1S/C13H17NO5S/c1-19-12(16)10-4-2-3-5-11(10)20(17,18)14-8-13(9-15)6-7-13/h2-5,14-15H,6-9H2,1H3. The summed E-state index contributed by atoms with van der Waals surface area (Å²) < 4.78 is 31.6. The van der Waals surface area contributed by atoms with Gasteiger partial charge in [0.15, 0.2) is 0 Å². The van der Waals surface area contributed by atoms with Crippen LogP contribution in [0, 0.1) is 5.41 Å². The molecule has 0 heterocycles. The van der Waals surface area contributed by atoms with Gasteiger partial charge >= 0.3 is 5.97 Å². The van der Waals surface area contributed by atoms with E-state index in [9.17, 15) is 18.3 Å². The van der Waals surface area contributed by atoms with Crippen molar-refractivity contribution >= 4 is 16.0 Å². The van der Waals surface area contributed by atoms with Crippen molar-refractivity contribution in [3.05, 3.63) is 29.8 Å². The second-order valence-corrected chi connectivity index (χ2v) is 6.71. The minimum atomic E-state index is -3.81. The smallest absolute Gasteiger partial charge is 0.339 e. The average molecular weight is 299 g/mol. The maximum atomic E-state index is 12.3. The predicted octanol–water partition coefficient (Wildman–Crippen LogP) is 0.524. The van der Waals surface area contributed by atoms with Crippen LogP contribution in [0.15, 0.2) is 29.2 Å². The number of benzene rings is 1. The molecule has 110 valence electrons. The van der Waals surface area contributed by atoms with Gasteiger partial charge < -0.3 is 9.84 Å². The Morgan fingerprint density at radius 1 is 1.40 bits per heavy atom. The summed E-state index contributed by atoms with van der Waals surface area (Å²) in [6.07, 6.45) is 1.59. The number of rotatable bonds is 6. The van der Waals surface area contributed by atoms with Crippen molar-refractivity contribution in [2.75, 3.05) is 20.3 Å². The molecular weight excluding hydrogens is 282 g/mol. The maximum absolute atomic E-state index is 12.3. The third-order valence-electron chi connectivity index (χ3n) is 3.51. The fourth-order valence-electron chi connectivity index (χ4n) is 1.87. The monoisotopic (exact) mass is 299 g/mol. The molecule has 1 fully saturated rings. The zero-order chi connectivity index (χ0) is 14.8. The first-order chi connectivity index (χ1) is 9.44. The molecule has 0 unspecified atom stereocenters. The van der Waals surface area contributed by atoms with E-state index in [1.807, 2.05) is 0 Å². The van der Waals surface area contributed by atoms with Gasteiger partial charge in [-0.05, 0) is 25.0 Å². The summed E-state index contributed by atoms with van der Waals surface area (Å²) >= 11 is 0. The van der Waals surface area contributed by atoms with Crippen LogP contribution >= 0.6 is 0 Å². The summed E-state index contributed by atoms with van der Waals surface area (Å²) in [6, 6.07) is 5.87. The molecule has 1 saturated carbocycles. The van der Waals surface area contributed by atoms with Gasteiger partial charge in [-0.15, -0.1) is 0 Å². The summed E-state index contributed by atoms with van der Waals surface area (Å²) in [4.78, 5) is 11.5. The van der Waals surface area contributed by atoms with Crippen molar-refractivity contribution < 1.29 is 23.1 Å². The maximum Gasteiger partial charge on any atom is 0.339 e. The molecule has 1 aliphatic rings. The number of methoxy groups -OCH3 is 1. The lowest BCUT2D eigenvalue weighted by Crippen LogP contribution is -2.32. The van der Waals surface area contributed by atoms with E-state index in [4.69, 9.17) is 0 Å². The number of hydrogen-bond donors (Lipinski definition) is 2. The van der Waals surface area contributed by atoms with E-state index < -0.39 is 16.0 Å². The van der Waals surface area contributed by atoms with Gasteiger partial charge in [0.1, 0.15) is 0 Å². The van der Waals surface area contributed by atoms with Gasteiger partial charge in [0.05, 0.1) is 17.6 Å². The first-order valence-corrected chi connectivity index (χ1v) is 7.70. The molecule has 1 aromatic rings. The molecule has 0 aromatic heterocycles. The molecule has 0 spiro atoms. The van der Waals surface area contributed by atoms with Crippen LogP contribution in [-0.2, 0) is 14.8 Å². The lowest BCUT2D eigenvalue weighted by Gasteiger charge is -2.14. The highest BCUT2D eigenvalue weighted by molar-refractivity contribution is 7.89. The second-order valence-electron chi connectivity index (χ2n) is 4.97. The van der Waals surface area contributed by atoms with Crippen LogP contribution in [0.2, 0.25) is 0 Å². The topological polar surface area (TPSA) is 92.7 Å². The Bertz CT molecular complexity index is 607. The molecule has 20 heavy (non-hydrogen) atoms. The minimum Gasteiger partial charge on any atom is -0.465 e. The van der Waals surface area contributed by atoms with Crippen molar-refractivity contribution in [3.63, 3.8) is 0 Å². The predicted molar refractivity (Wildman–Crippen MR) is 71.7 cm³/mol. The number of ether oxygens (including phenoxy) is 1. The zero-order valence-corrected chi connectivity index (χ0v) is 11.9. The van der Waals surface area contributed by atoms with E-state index in [-0.39, 0.29) is 29.0 Å². The van der Waals surface area contributed by atoms with Gasteiger partial charge in [-0.1, -0.05) is 12.1 Å². The number of sulfonamides is 1. The molecule has 0 bridgehead atoms. The third kappa shape index (κ3) is 3.00. The van der Waals surface area contributed by atoms with Crippen molar-refractivity contribution in [1.29, 1.82) is 0 Å². The van der Waals surface area contributed by atoms with E-state index in [1.165, 1.54) is 19.2 Å². The van der Waals surface area contributed by atoms with E-state index in [0.29, 0.717) is 0 Å². The Labute approximate surface area is 117 Å². The van der Waals surface area contributed by atoms with E-state index >= 15 is 0 Å². The Morgan fingerprint density at radius 3 is 2.60 bits per heavy atom. The van der Waals surface area contributed by atoms with Crippen molar-refractivity contribution in [3.8, 4) is 0 Å². The number of hydrogen-bond acceptors (Lipinski definition) is 5. The molecule has 1 aromatic carbocycles. The second kappa shape index (κ2) is 5.51. The number of nitrogens with one attached hydrogen (secondary N) is 1. The fraction of sp³-hybridized carbons (Fsp3) is 0.462. The first-order valence-electron chi connectivity index (χ1n) is 6.22. The summed E-state index contributed by atoms with van der Waals surface area (Å²) in [6.45, 7) is 0.121. The van der Waals surface area contributed by atoms with Crippen LogP contribution in [0.3, 0.4) is 0 Å². The number of aliphatic hydroxyl groups excluding tert-OH is 1. The quantitative estimate of drug-likeness (QED) is 0.747. The molecule has 0 saturated heterocycles. The van der Waals surface area contributed by atoms with Gasteiger partial charge in [0.2, 0.25) is 10.0 Å². The van der Waals surface area contributed by atoms with Crippen LogP contribution in [0.4, 0.5) is 0 Å². The van der Waals surface area contributed by atoms with Crippen molar-refractivity contribution in [2.45, 2.75) is 17.7 Å². The van der Waals surface area contributed by atoms with Gasteiger partial charge in [-0.3, -0.25) is 0 Å². The number of aliphatic hydroxyl groups is 1. The Kier molecular flexibility index (Phi) is 4.12. The molecule has 0 radical (unpaired) electrons. The Balaban J connectivity index is 2.23. The third-order valence-corrected chi connectivity index (χ3v) is 4.97. The van der Waals surface area contributed by atoms with E-state index in [2.05, 4.69) is 9.46 Å². The molecule has 6 nitrogen and oxygen atoms in total. The normalized spacial score (nSPS) is 16.7. The molecule has 2 rings (SSSR count). The molecular formula is C13H17NO5S. The number of carbonyl (C=O) groups is 1. The summed E-state index contributed by atoms with van der Waals surface area (Å²) in [5.74, 6) is -0.700. The Hall–Kier alpha value is -1.44. The van der Waals surface area contributed by atoms with Gasteiger partial charge in [-0.2, -0.15) is 0 Å². The van der Waals surface area contributed by atoms with Crippen molar-refractivity contribution in [2.24, 2.45) is 5.41 Å². The lowest BCUT2D eigenvalue weighted by atomic mass is 10.1. The molecule has 0 atom stereocenters. The van der Waals surface area contributed by atoms with Gasteiger partial charge in [0.25, 0.3) is 0 Å². The fourth-order valence-corrected chi connectivity index (χ4v) is 3.22. The molecule has 1 aliphatic carbocycles. The number of esters is 1. The largest absolute Gasteiger partial charge is 0.465 e. The van der Waals surface area contributed by atoms with Crippen LogP contribution in [0.5, 0.6) is 0 Å². The zero-order valence-electron chi connectivity index (χ0n) is 11.1. The van der Waals surface area contributed by atoms with Crippen LogP contribution in [-0.4, -0.2) is 39.8 Å². The van der Waals surface area contributed by atoms with E-state index in [1.54, 1.807) is 12.1 Å². The average Bonchev–Trinajstić information content (AvgIpc) is 3.25. The van der Waals surface area contributed by atoms with Gasteiger partial charge in [-0.25, -0.2) is 17.9 Å². The van der Waals surface area contributed by atoms with E-state index in [0.717, 1.165) is 12.8 Å². The van der Waals surface area contributed by atoms with Crippen LogP contribution < -0.4 is 4.72 Å². The summed E-state index contributed by atoms with van der Waals surface area (Å²) in [5.41, 5.74) is -0.343. The molecule has 2 N–H and O–H groups in total. The summed E-state index contributed by atoms with van der Waals surface area (Å²) in [7, 11) is -2.61. The van der Waals surface area contributed by atoms with Gasteiger partial charge in [0, 0.05) is 18.6 Å². The SMILES string of the molecule is COC(=O)c1ccccc1S(=O)(=O)NCC1(CO)CC1. The van der Waals surface area contributed by atoms with Crippen LogP contribution in [0.25, 0.3) is 0 Å². The first kappa shape index (κ1) is 15.0. The summed E-state index contributed by atoms with van der Waals surface area (Å²) in [5, 5.41) is 9.20. The van der Waals surface area contributed by atoms with Crippen molar-refractivity contribution in [1.82, 2.24) is 4.72 Å². The Morgan fingerprint density at radius 2 is 2.05 bits per heavy atom. The highest BCUT2D eigenvalue weighted by atomic mass is 32.2. The van der Waals surface area contributed by atoms with Crippen LogP contribution in [0.1, 0.15) is 23.2 Å². The highest BCUT2D eigenvalue weighted by Gasteiger charge is 2.42. The highest BCUT2D eigenvalue weighted by Crippen LogP contribution is 2.44. The molecule has 0 aliphatic heterocycles. The molecule has 0 amide bonds. The minimum absolute atomic E-state index is 0.00338. The molecule has 7 heteroatoms. The lowest BCUT2D eigenvalue weighted by molar-refractivity contribution is 0.0596.